The summed E-state index contributed by atoms with van der Waals surface area (Å²) < 4.78 is 3.31. The highest BCUT2D eigenvalue weighted by Crippen LogP contribution is 2.24. The van der Waals surface area contributed by atoms with Crippen LogP contribution >= 0.6 is 32.9 Å². The van der Waals surface area contributed by atoms with Gasteiger partial charge < -0.3 is 9.47 Å². The summed E-state index contributed by atoms with van der Waals surface area (Å²) in [5.74, 6) is 0. The van der Waals surface area contributed by atoms with Gasteiger partial charge in [-0.2, -0.15) is 0 Å². The Morgan fingerprint density at radius 2 is 2.00 bits per heavy atom. The van der Waals surface area contributed by atoms with Gasteiger partial charge in [-0.3, -0.25) is 0 Å². The molecule has 4 heteroatoms. The lowest BCUT2D eigenvalue weighted by molar-refractivity contribution is 0.404. The number of hydrogen-bond donors (Lipinski definition) is 0. The fraction of sp³-hybridized carbons (Fsp3) is 0.333. The lowest BCUT2D eigenvalue weighted by atomic mass is 10.2. The van der Waals surface area contributed by atoms with Crippen LogP contribution in [0.25, 0.3) is 10.9 Å². The van der Waals surface area contributed by atoms with Crippen molar-refractivity contribution in [3.8, 4) is 0 Å². The van der Waals surface area contributed by atoms with E-state index in [0.717, 1.165) is 11.0 Å². The maximum absolute atomic E-state index is 3.50. The molecule has 1 aromatic heterocycles. The van der Waals surface area contributed by atoms with Crippen molar-refractivity contribution in [1.82, 2.24) is 9.47 Å². The van der Waals surface area contributed by atoms with Crippen molar-refractivity contribution in [2.24, 2.45) is 7.05 Å². The Morgan fingerprint density at radius 3 is 2.62 bits per heavy atom. The Morgan fingerprint density at radius 1 is 1.31 bits per heavy atom. The van der Waals surface area contributed by atoms with Crippen LogP contribution in [0.15, 0.2) is 28.9 Å². The molecule has 1 heterocycles. The van der Waals surface area contributed by atoms with Crippen LogP contribution in [0.3, 0.4) is 0 Å². The molecule has 16 heavy (non-hydrogen) atoms. The van der Waals surface area contributed by atoms with E-state index < -0.39 is 0 Å². The van der Waals surface area contributed by atoms with Crippen LogP contribution in [0, 0.1) is 0 Å². The molecule has 0 aliphatic heterocycles. The van der Waals surface area contributed by atoms with Crippen LogP contribution in [0.4, 0.5) is 0 Å². The average molecular weight is 348 g/mol. The van der Waals surface area contributed by atoms with Crippen LogP contribution in [-0.4, -0.2) is 23.6 Å². The smallest absolute Gasteiger partial charge is 0.0492 e. The predicted octanol–water partition coefficient (Wildman–Crippen LogP) is 3.58. The summed E-state index contributed by atoms with van der Waals surface area (Å²) in [6.07, 6.45) is 2.21. The van der Waals surface area contributed by atoms with E-state index in [4.69, 9.17) is 0 Å². The first-order chi connectivity index (χ1) is 7.08. The van der Waals surface area contributed by atoms with Gasteiger partial charge in [0.25, 0.3) is 0 Å². The van der Waals surface area contributed by atoms with Gasteiger partial charge in [0.15, 0.2) is 0 Å². The van der Waals surface area contributed by atoms with E-state index in [0.29, 0.717) is 0 Å². The maximum atomic E-state index is 3.50. The number of nitrogens with zero attached hydrogens (tertiary/aromatic N) is 2. The zero-order chi connectivity index (χ0) is 11.0. The molecule has 2 nitrogen and oxygen atoms in total. The summed E-state index contributed by atoms with van der Waals surface area (Å²) >= 11 is 3.50. The molecule has 88 valence electrons. The summed E-state index contributed by atoms with van der Waals surface area (Å²) in [7, 11) is 6.28. The Kier molecular flexibility index (Phi) is 4.59. The number of fused-ring (bicyclic) bond motifs is 1. The fourth-order valence-corrected chi connectivity index (χ4v) is 2.26. The molecule has 2 aromatic rings. The first-order valence-electron chi connectivity index (χ1n) is 4.96. The Balaban J connectivity index is 0.00000128. The second-order valence-electron chi connectivity index (χ2n) is 4.16. The van der Waals surface area contributed by atoms with Crippen molar-refractivity contribution in [3.63, 3.8) is 0 Å². The van der Waals surface area contributed by atoms with Gasteiger partial charge in [0.1, 0.15) is 0 Å². The van der Waals surface area contributed by atoms with Gasteiger partial charge >= 0.3 is 0 Å². The van der Waals surface area contributed by atoms with Crippen LogP contribution in [-0.2, 0) is 13.6 Å². The zero-order valence-corrected chi connectivity index (χ0v) is 13.0. The molecule has 0 saturated carbocycles. The quantitative estimate of drug-likeness (QED) is 0.806. The van der Waals surface area contributed by atoms with Crippen molar-refractivity contribution < 1.29 is 0 Å². The van der Waals surface area contributed by atoms with Crippen LogP contribution in [0.5, 0.6) is 0 Å². The predicted molar refractivity (Wildman–Crippen MR) is 78.3 cm³/mol. The normalized spacial score (nSPS) is 10.8. The van der Waals surface area contributed by atoms with Gasteiger partial charge in [0.2, 0.25) is 0 Å². The molecule has 0 bridgehead atoms. The molecular formula is C12H16Br2N2. The second kappa shape index (κ2) is 5.34. The van der Waals surface area contributed by atoms with E-state index in [1.807, 2.05) is 0 Å². The molecule has 0 aliphatic rings. The molecule has 1 aromatic carbocycles. The topological polar surface area (TPSA) is 8.17 Å². The summed E-state index contributed by atoms with van der Waals surface area (Å²) in [5.41, 5.74) is 2.66. The lowest BCUT2D eigenvalue weighted by Crippen LogP contribution is -2.10. The maximum Gasteiger partial charge on any atom is 0.0492 e. The number of halogens is 2. The molecular weight excluding hydrogens is 332 g/mol. The third kappa shape index (κ3) is 2.67. The number of aromatic nitrogens is 1. The van der Waals surface area contributed by atoms with Crippen molar-refractivity contribution in [3.05, 3.63) is 34.4 Å². The SMILES string of the molecule is Br.CN(C)Cc1cn(C)c2cc(Br)ccc12. The zero-order valence-electron chi connectivity index (χ0n) is 9.70. The molecule has 0 aliphatic carbocycles. The molecule has 2 rings (SSSR count). The van der Waals surface area contributed by atoms with E-state index >= 15 is 0 Å². The van der Waals surface area contributed by atoms with Crippen molar-refractivity contribution in [2.75, 3.05) is 14.1 Å². The fourth-order valence-electron chi connectivity index (χ4n) is 1.91. The summed E-state index contributed by atoms with van der Waals surface area (Å²) in [4.78, 5) is 2.19. The summed E-state index contributed by atoms with van der Waals surface area (Å²) in [6.45, 7) is 0.985. The largest absolute Gasteiger partial charge is 0.350 e. The molecule has 0 fully saturated rings. The van der Waals surface area contributed by atoms with E-state index in [-0.39, 0.29) is 17.0 Å². The number of hydrogen-bond acceptors (Lipinski definition) is 1. The van der Waals surface area contributed by atoms with Crippen molar-refractivity contribution >= 4 is 43.8 Å². The highest BCUT2D eigenvalue weighted by Gasteiger charge is 2.07. The second-order valence-corrected chi connectivity index (χ2v) is 5.08. The highest BCUT2D eigenvalue weighted by atomic mass is 79.9. The van der Waals surface area contributed by atoms with Gasteiger partial charge in [-0.25, -0.2) is 0 Å². The first kappa shape index (κ1) is 13.7. The molecule has 0 spiro atoms. The number of aryl methyl sites for hydroxylation is 1. The average Bonchev–Trinajstić information content (AvgIpc) is 2.42. The van der Waals surface area contributed by atoms with Gasteiger partial charge in [-0.15, -0.1) is 17.0 Å². The highest BCUT2D eigenvalue weighted by molar-refractivity contribution is 9.10. The van der Waals surface area contributed by atoms with Gasteiger partial charge in [-0.1, -0.05) is 22.0 Å². The molecule has 0 atom stereocenters. The van der Waals surface area contributed by atoms with E-state index in [9.17, 15) is 0 Å². The Labute approximate surface area is 115 Å². The van der Waals surface area contributed by atoms with E-state index in [1.54, 1.807) is 0 Å². The third-order valence-electron chi connectivity index (χ3n) is 2.52. The van der Waals surface area contributed by atoms with Gasteiger partial charge in [-0.05, 0) is 31.8 Å². The monoisotopic (exact) mass is 346 g/mol. The molecule has 0 N–H and O–H groups in total. The summed E-state index contributed by atoms with van der Waals surface area (Å²) in [5, 5.41) is 1.34. The molecule has 0 unspecified atom stereocenters. The van der Waals surface area contributed by atoms with Gasteiger partial charge in [0.05, 0.1) is 0 Å². The van der Waals surface area contributed by atoms with E-state index in [2.05, 4.69) is 70.9 Å². The van der Waals surface area contributed by atoms with Crippen LogP contribution in [0.2, 0.25) is 0 Å². The van der Waals surface area contributed by atoms with Gasteiger partial charge in [0, 0.05) is 35.2 Å². The Hall–Kier alpha value is -0.320. The van der Waals surface area contributed by atoms with Crippen LogP contribution < -0.4 is 0 Å². The van der Waals surface area contributed by atoms with Crippen LogP contribution in [0.1, 0.15) is 5.56 Å². The van der Waals surface area contributed by atoms with Crippen molar-refractivity contribution in [2.45, 2.75) is 6.54 Å². The molecule has 0 radical (unpaired) electrons. The first-order valence-corrected chi connectivity index (χ1v) is 5.75. The molecule has 0 saturated heterocycles. The lowest BCUT2D eigenvalue weighted by Gasteiger charge is -2.07. The summed E-state index contributed by atoms with van der Waals surface area (Å²) in [6, 6.07) is 6.44. The minimum atomic E-state index is 0. The number of benzene rings is 1. The third-order valence-corrected chi connectivity index (χ3v) is 3.02. The Bertz CT molecular complexity index is 489. The minimum absolute atomic E-state index is 0. The molecule has 0 amide bonds. The number of rotatable bonds is 2. The van der Waals surface area contributed by atoms with Crippen molar-refractivity contribution in [1.29, 1.82) is 0 Å². The minimum Gasteiger partial charge on any atom is -0.350 e. The van der Waals surface area contributed by atoms with E-state index in [1.165, 1.54) is 16.5 Å². The standard InChI is InChI=1S/C12H15BrN2.BrH/c1-14(2)7-9-8-15(3)12-6-10(13)4-5-11(9)12;/h4-6,8H,7H2,1-3H3;1H.